The van der Waals surface area contributed by atoms with Crippen LogP contribution in [0.5, 0.6) is 0 Å². The van der Waals surface area contributed by atoms with Crippen molar-refractivity contribution in [2.45, 2.75) is 12.8 Å². The second kappa shape index (κ2) is 5.77. The molecule has 1 atom stereocenters. The first-order chi connectivity index (χ1) is 8.72. The third-order valence-corrected chi connectivity index (χ3v) is 3.33. The van der Waals surface area contributed by atoms with Gasteiger partial charge >= 0.3 is 0 Å². The normalized spacial score (nSPS) is 24.9. The fourth-order valence-corrected chi connectivity index (χ4v) is 2.34. The van der Waals surface area contributed by atoms with Gasteiger partial charge in [-0.05, 0) is 30.6 Å². The maximum Gasteiger partial charge on any atom is 0.224 e. The van der Waals surface area contributed by atoms with E-state index in [1.54, 1.807) is 6.08 Å². The van der Waals surface area contributed by atoms with Crippen LogP contribution in [-0.2, 0) is 4.79 Å². The average Bonchev–Trinajstić information content (AvgIpc) is 2.66. The third-order valence-electron chi connectivity index (χ3n) is 3.33. The highest BCUT2D eigenvalue weighted by Gasteiger charge is 2.24. The van der Waals surface area contributed by atoms with Gasteiger partial charge in [0.05, 0.1) is 11.6 Å². The molecule has 18 heavy (non-hydrogen) atoms. The molecule has 0 aromatic carbocycles. The quantitative estimate of drug-likeness (QED) is 0.706. The molecule has 1 fully saturated rings. The van der Waals surface area contributed by atoms with E-state index in [-0.39, 0.29) is 0 Å². The highest BCUT2D eigenvalue weighted by atomic mass is 16.3. The SMILES string of the molecule is NC(=O)C1C=C(N=O)C(N2CCCNCC2)=CC1. The van der Waals surface area contributed by atoms with Gasteiger partial charge in [-0.3, -0.25) is 4.79 Å². The summed E-state index contributed by atoms with van der Waals surface area (Å²) in [5.74, 6) is -0.824. The number of amides is 1. The number of rotatable bonds is 3. The van der Waals surface area contributed by atoms with E-state index in [1.165, 1.54) is 0 Å². The van der Waals surface area contributed by atoms with Gasteiger partial charge in [-0.15, -0.1) is 4.91 Å². The van der Waals surface area contributed by atoms with Crippen molar-refractivity contribution in [1.82, 2.24) is 10.2 Å². The van der Waals surface area contributed by atoms with Crippen LogP contribution in [0.2, 0.25) is 0 Å². The summed E-state index contributed by atoms with van der Waals surface area (Å²) in [7, 11) is 0. The molecule has 1 unspecified atom stereocenters. The van der Waals surface area contributed by atoms with Gasteiger partial charge in [0.25, 0.3) is 0 Å². The summed E-state index contributed by atoms with van der Waals surface area (Å²) in [6.45, 7) is 3.62. The van der Waals surface area contributed by atoms with Crippen molar-refractivity contribution in [3.8, 4) is 0 Å². The summed E-state index contributed by atoms with van der Waals surface area (Å²) >= 11 is 0. The number of primary amides is 1. The Morgan fingerprint density at radius 1 is 1.44 bits per heavy atom. The lowest BCUT2D eigenvalue weighted by molar-refractivity contribution is -0.120. The summed E-state index contributed by atoms with van der Waals surface area (Å²) in [5, 5.41) is 6.35. The minimum Gasteiger partial charge on any atom is -0.369 e. The van der Waals surface area contributed by atoms with Crippen molar-refractivity contribution in [1.29, 1.82) is 0 Å². The molecule has 6 heteroatoms. The molecule has 1 heterocycles. The molecule has 2 aliphatic rings. The van der Waals surface area contributed by atoms with E-state index in [0.717, 1.165) is 38.3 Å². The molecule has 1 aliphatic carbocycles. The minimum absolute atomic E-state index is 0.340. The predicted molar refractivity (Wildman–Crippen MR) is 68.3 cm³/mol. The summed E-state index contributed by atoms with van der Waals surface area (Å²) < 4.78 is 0. The monoisotopic (exact) mass is 250 g/mol. The van der Waals surface area contributed by atoms with Gasteiger partial charge in [-0.25, -0.2) is 0 Å². The highest BCUT2D eigenvalue weighted by Crippen LogP contribution is 2.26. The number of carbonyl (C=O) groups excluding carboxylic acids is 1. The van der Waals surface area contributed by atoms with Crippen molar-refractivity contribution in [3.63, 3.8) is 0 Å². The molecule has 0 radical (unpaired) electrons. The number of carbonyl (C=O) groups is 1. The van der Waals surface area contributed by atoms with E-state index in [1.807, 2.05) is 6.08 Å². The van der Waals surface area contributed by atoms with Crippen molar-refractivity contribution in [2.75, 3.05) is 26.2 Å². The number of hydrogen-bond acceptors (Lipinski definition) is 5. The van der Waals surface area contributed by atoms with E-state index in [0.29, 0.717) is 12.1 Å². The van der Waals surface area contributed by atoms with E-state index >= 15 is 0 Å². The average molecular weight is 250 g/mol. The Morgan fingerprint density at radius 3 is 3.00 bits per heavy atom. The molecule has 0 spiro atoms. The maximum absolute atomic E-state index is 11.1. The first-order valence-electron chi connectivity index (χ1n) is 6.23. The lowest BCUT2D eigenvalue weighted by Crippen LogP contribution is -2.31. The summed E-state index contributed by atoms with van der Waals surface area (Å²) in [4.78, 5) is 24.2. The van der Waals surface area contributed by atoms with Crippen LogP contribution in [-0.4, -0.2) is 37.0 Å². The fourth-order valence-electron chi connectivity index (χ4n) is 2.34. The molecule has 98 valence electrons. The topological polar surface area (TPSA) is 87.8 Å². The molecule has 0 aromatic heterocycles. The number of allylic oxidation sites excluding steroid dienone is 1. The summed E-state index contributed by atoms with van der Waals surface area (Å²) in [6.07, 6.45) is 5.07. The number of nitroso groups, excluding NO2 is 1. The zero-order valence-electron chi connectivity index (χ0n) is 10.3. The van der Waals surface area contributed by atoms with Crippen molar-refractivity contribution in [3.05, 3.63) is 28.5 Å². The molecule has 2 rings (SSSR count). The third kappa shape index (κ3) is 2.76. The number of hydrogen-bond donors (Lipinski definition) is 2. The van der Waals surface area contributed by atoms with Crippen LogP contribution < -0.4 is 11.1 Å². The Kier molecular flexibility index (Phi) is 4.09. The number of nitrogens with zero attached hydrogens (tertiary/aromatic N) is 2. The van der Waals surface area contributed by atoms with Crippen LogP contribution in [0.25, 0.3) is 0 Å². The number of nitrogens with one attached hydrogen (secondary N) is 1. The minimum atomic E-state index is -0.413. The van der Waals surface area contributed by atoms with E-state index in [2.05, 4.69) is 15.4 Å². The zero-order valence-corrected chi connectivity index (χ0v) is 10.3. The van der Waals surface area contributed by atoms with Crippen LogP contribution in [0.4, 0.5) is 0 Å². The van der Waals surface area contributed by atoms with Gasteiger partial charge in [-0.1, -0.05) is 6.08 Å². The number of nitrogens with two attached hydrogens (primary N) is 1. The van der Waals surface area contributed by atoms with Crippen molar-refractivity contribution < 1.29 is 4.79 Å². The van der Waals surface area contributed by atoms with Crippen LogP contribution in [0.1, 0.15) is 12.8 Å². The van der Waals surface area contributed by atoms with Crippen LogP contribution in [0.3, 0.4) is 0 Å². The van der Waals surface area contributed by atoms with Gasteiger partial charge in [0.15, 0.2) is 0 Å². The van der Waals surface area contributed by atoms with Crippen LogP contribution in [0, 0.1) is 10.8 Å². The molecule has 1 aliphatic heterocycles. The molecule has 6 nitrogen and oxygen atoms in total. The van der Waals surface area contributed by atoms with E-state index < -0.39 is 11.8 Å². The molecule has 1 amide bonds. The van der Waals surface area contributed by atoms with Gasteiger partial charge in [0.2, 0.25) is 5.91 Å². The first-order valence-corrected chi connectivity index (χ1v) is 6.23. The molecule has 1 saturated heterocycles. The Bertz CT molecular complexity index is 395. The summed E-state index contributed by atoms with van der Waals surface area (Å²) in [5.41, 5.74) is 6.43. The highest BCUT2D eigenvalue weighted by molar-refractivity contribution is 5.79. The smallest absolute Gasteiger partial charge is 0.224 e. The molecule has 0 bridgehead atoms. The second-order valence-corrected chi connectivity index (χ2v) is 4.57. The van der Waals surface area contributed by atoms with Gasteiger partial charge in [0.1, 0.15) is 5.70 Å². The van der Waals surface area contributed by atoms with Gasteiger partial charge in [-0.2, -0.15) is 0 Å². The van der Waals surface area contributed by atoms with Crippen molar-refractivity contribution in [2.24, 2.45) is 16.8 Å². The largest absolute Gasteiger partial charge is 0.369 e. The van der Waals surface area contributed by atoms with Crippen LogP contribution >= 0.6 is 0 Å². The van der Waals surface area contributed by atoms with Crippen LogP contribution in [0.15, 0.2) is 28.7 Å². The Hall–Kier alpha value is -1.69. The zero-order chi connectivity index (χ0) is 13.0. The first kappa shape index (κ1) is 12.8. The maximum atomic E-state index is 11.1. The Morgan fingerprint density at radius 2 is 2.28 bits per heavy atom. The molecule has 0 aromatic rings. The molecular formula is C12H18N4O2. The molecular weight excluding hydrogens is 232 g/mol. The molecule has 0 saturated carbocycles. The Labute approximate surface area is 106 Å². The summed E-state index contributed by atoms with van der Waals surface area (Å²) in [6, 6.07) is 0. The van der Waals surface area contributed by atoms with E-state index in [9.17, 15) is 9.70 Å². The lowest BCUT2D eigenvalue weighted by atomic mass is 9.96. The van der Waals surface area contributed by atoms with E-state index in [4.69, 9.17) is 5.73 Å². The predicted octanol–water partition coefficient (Wildman–Crippen LogP) is 0.321. The standard InChI is InChI=1S/C12H18N4O2/c13-12(17)9-2-3-11(10(8-9)15-18)16-6-1-4-14-5-7-16/h3,8-9,14H,1-2,4-7H2,(H2,13,17). The Balaban J connectivity index is 2.15. The van der Waals surface area contributed by atoms with Gasteiger partial charge in [0, 0.05) is 19.6 Å². The van der Waals surface area contributed by atoms with Gasteiger partial charge < -0.3 is 16.0 Å². The lowest BCUT2D eigenvalue weighted by Gasteiger charge is -2.27. The fraction of sp³-hybridized carbons (Fsp3) is 0.583. The second-order valence-electron chi connectivity index (χ2n) is 4.57. The van der Waals surface area contributed by atoms with Crippen molar-refractivity contribution >= 4 is 5.91 Å². The molecule has 3 N–H and O–H groups in total.